The van der Waals surface area contributed by atoms with E-state index in [1.807, 2.05) is 32.1 Å². The van der Waals surface area contributed by atoms with E-state index in [-0.39, 0.29) is 6.35 Å². The first-order valence-corrected chi connectivity index (χ1v) is 8.17. The number of nitrogens with zero attached hydrogens (tertiary/aromatic N) is 6. The van der Waals surface area contributed by atoms with Crippen LogP contribution < -0.4 is 4.84 Å². The summed E-state index contributed by atoms with van der Waals surface area (Å²) in [7, 11) is -5.07. The van der Waals surface area contributed by atoms with Crippen molar-refractivity contribution in [1.82, 2.24) is 25.0 Å². The fraction of sp³-hybridized carbons (Fsp3) is 0.400. The molecule has 0 spiro atoms. The van der Waals surface area contributed by atoms with Gasteiger partial charge in [-0.2, -0.15) is 4.58 Å². The molecule has 2 aromatic rings. The summed E-state index contributed by atoms with van der Waals surface area (Å²) in [6, 6.07) is 3.63. The number of aromatic nitrogens is 4. The van der Waals surface area contributed by atoms with Crippen LogP contribution in [0.5, 0.6) is 0 Å². The fourth-order valence-electron chi connectivity index (χ4n) is 1.47. The molecule has 0 amide bonds. The van der Waals surface area contributed by atoms with E-state index in [0.717, 1.165) is 0 Å². The van der Waals surface area contributed by atoms with Gasteiger partial charge in [0.2, 0.25) is 5.65 Å². The van der Waals surface area contributed by atoms with Gasteiger partial charge >= 0.3 is 39.3 Å². The predicted molar refractivity (Wildman–Crippen MR) is 76.3 cm³/mol. The Kier molecular flexibility index (Phi) is 4.85. The Morgan fingerprint density at radius 1 is 1.25 bits per heavy atom. The van der Waals surface area contributed by atoms with E-state index in [4.69, 9.17) is 4.84 Å². The van der Waals surface area contributed by atoms with Crippen molar-refractivity contribution >= 4 is 25.7 Å². The van der Waals surface area contributed by atoms with Crippen molar-refractivity contribution in [2.45, 2.75) is 6.35 Å². The Labute approximate surface area is 132 Å². The molecular formula is C10H15F6N6OP. The van der Waals surface area contributed by atoms with Gasteiger partial charge in [0.15, 0.2) is 0 Å². The number of halogens is 6. The first-order chi connectivity index (χ1) is 10.5. The molecule has 1 unspecified atom stereocenters. The van der Waals surface area contributed by atoms with Gasteiger partial charge in [-0.15, -0.1) is 5.10 Å². The summed E-state index contributed by atoms with van der Waals surface area (Å²) in [4.78, 5) is 13.0. The van der Waals surface area contributed by atoms with Gasteiger partial charge in [0, 0.05) is 6.20 Å². The third kappa shape index (κ3) is 8.02. The summed E-state index contributed by atoms with van der Waals surface area (Å²) < 4.78 is 60.9. The van der Waals surface area contributed by atoms with Crippen LogP contribution in [0.1, 0.15) is 0 Å². The molecule has 0 aliphatic rings. The van der Waals surface area contributed by atoms with Gasteiger partial charge in [0.25, 0.3) is 0 Å². The van der Waals surface area contributed by atoms with Crippen LogP contribution in [0.3, 0.4) is 0 Å². The summed E-state index contributed by atoms with van der Waals surface area (Å²) in [6.45, 7) is 3.81. The maximum atomic E-state index is 9.87. The Morgan fingerprint density at radius 2 is 1.79 bits per heavy atom. The monoisotopic (exact) mass is 380 g/mol. The molecule has 0 saturated carbocycles. The van der Waals surface area contributed by atoms with Gasteiger partial charge in [-0.05, 0) is 31.4 Å². The van der Waals surface area contributed by atoms with E-state index in [2.05, 4.69) is 22.0 Å². The zero-order valence-corrected chi connectivity index (χ0v) is 13.7. The zero-order chi connectivity index (χ0) is 18.8. The summed E-state index contributed by atoms with van der Waals surface area (Å²) in [5.74, 6) is 0. The van der Waals surface area contributed by atoms with Crippen LogP contribution in [-0.4, -0.2) is 63.8 Å². The average molecular weight is 380 g/mol. The Bertz CT molecular complexity index is 719. The Hall–Kier alpha value is -2.01. The third-order valence-corrected chi connectivity index (χ3v) is 2.19. The molecular weight excluding hydrogens is 365 g/mol. The van der Waals surface area contributed by atoms with E-state index in [1.165, 1.54) is 4.85 Å². The van der Waals surface area contributed by atoms with Crippen LogP contribution in [0.4, 0.5) is 25.2 Å². The molecule has 2 heterocycles. The molecule has 0 fully saturated rings. The quantitative estimate of drug-likeness (QED) is 0.268. The molecule has 0 aliphatic carbocycles. The van der Waals surface area contributed by atoms with Crippen molar-refractivity contribution in [1.29, 1.82) is 0 Å². The van der Waals surface area contributed by atoms with Crippen LogP contribution in [0.15, 0.2) is 18.3 Å². The number of rotatable bonds is 4. The molecule has 138 valence electrons. The van der Waals surface area contributed by atoms with E-state index in [9.17, 15) is 25.2 Å². The average Bonchev–Trinajstić information content (AvgIpc) is 2.74. The Morgan fingerprint density at radius 3 is 2.25 bits per heavy atom. The standard InChI is InChI=1S/C10H15N6O.F6P/c1-14(2)10(15(3)4)17-16-9-8(12-13-16)6-5-7-11-9;1-7(2,3,4,5)6/h5-7,10H,1H2,2-4H3;/q+1;-1. The van der Waals surface area contributed by atoms with E-state index in [0.29, 0.717) is 11.2 Å². The van der Waals surface area contributed by atoms with Gasteiger partial charge in [-0.1, -0.05) is 4.85 Å². The molecule has 0 aromatic carbocycles. The first-order valence-electron chi connectivity index (χ1n) is 6.14. The maximum absolute atomic E-state index is 10.7. The molecule has 0 N–H and O–H groups in total. The SMILES string of the molecule is C=[N+](C)C(On1nnc2cccnc21)N(C)C.F[P-](F)(F)(F)(F)F. The van der Waals surface area contributed by atoms with Crippen molar-refractivity contribution in [3.05, 3.63) is 18.3 Å². The molecule has 7 nitrogen and oxygen atoms in total. The zero-order valence-electron chi connectivity index (χ0n) is 12.8. The van der Waals surface area contributed by atoms with E-state index < -0.39 is 7.81 Å². The van der Waals surface area contributed by atoms with Gasteiger partial charge in [0.05, 0.1) is 0 Å². The summed E-state index contributed by atoms with van der Waals surface area (Å²) in [6.07, 6.45) is 1.33. The van der Waals surface area contributed by atoms with Gasteiger partial charge < -0.3 is 4.84 Å². The number of hydrogen-bond acceptors (Lipinski definition) is 5. The van der Waals surface area contributed by atoms with Crippen LogP contribution in [0.2, 0.25) is 0 Å². The molecule has 2 aromatic heterocycles. The molecule has 0 radical (unpaired) electrons. The van der Waals surface area contributed by atoms with Crippen LogP contribution in [0.25, 0.3) is 11.2 Å². The second kappa shape index (κ2) is 5.81. The van der Waals surface area contributed by atoms with E-state index >= 15 is 0 Å². The molecule has 1 atom stereocenters. The molecule has 0 aliphatic heterocycles. The predicted octanol–water partition coefficient (Wildman–Crippen LogP) is 2.83. The topological polar surface area (TPSA) is 59.1 Å². The van der Waals surface area contributed by atoms with Gasteiger partial charge in [-0.25, -0.2) is 9.88 Å². The fourth-order valence-corrected chi connectivity index (χ4v) is 1.47. The molecule has 2 rings (SSSR count). The first kappa shape index (κ1) is 20.0. The van der Waals surface area contributed by atoms with Gasteiger partial charge in [0.1, 0.15) is 19.3 Å². The molecule has 24 heavy (non-hydrogen) atoms. The number of pyridine rings is 1. The minimum absolute atomic E-state index is 0.345. The molecule has 0 saturated heterocycles. The van der Waals surface area contributed by atoms with Crippen LogP contribution >= 0.6 is 7.81 Å². The second-order valence-corrected chi connectivity index (χ2v) is 6.84. The number of hydrogen-bond donors (Lipinski definition) is 0. The number of fused-ring (bicyclic) bond motifs is 1. The van der Waals surface area contributed by atoms with Crippen LogP contribution in [-0.2, 0) is 0 Å². The van der Waals surface area contributed by atoms with E-state index in [1.54, 1.807) is 16.8 Å². The van der Waals surface area contributed by atoms with Crippen LogP contribution in [0, 0.1) is 0 Å². The molecule has 0 bridgehead atoms. The van der Waals surface area contributed by atoms with Crippen molar-refractivity contribution in [2.75, 3.05) is 21.1 Å². The molecule has 14 heteroatoms. The summed E-state index contributed by atoms with van der Waals surface area (Å²) in [5, 5.41) is 7.86. The summed E-state index contributed by atoms with van der Waals surface area (Å²) >= 11 is 0. The summed E-state index contributed by atoms with van der Waals surface area (Å²) in [5.41, 5.74) is 1.28. The Balaban J connectivity index is 0.000000351. The van der Waals surface area contributed by atoms with Crippen molar-refractivity contribution in [3.8, 4) is 0 Å². The second-order valence-electron chi connectivity index (χ2n) is 4.92. The van der Waals surface area contributed by atoms with Crippen molar-refractivity contribution < 1.29 is 34.6 Å². The van der Waals surface area contributed by atoms with Crippen molar-refractivity contribution in [3.63, 3.8) is 0 Å². The minimum atomic E-state index is -10.7. The van der Waals surface area contributed by atoms with Crippen molar-refractivity contribution in [2.24, 2.45) is 0 Å². The van der Waals surface area contributed by atoms with Gasteiger partial charge in [-0.3, -0.25) is 0 Å². The normalized spacial score (nSPS) is 15.9. The third-order valence-electron chi connectivity index (χ3n) is 2.19.